The number of halogens is 1. The predicted molar refractivity (Wildman–Crippen MR) is 148 cm³/mol. The average Bonchev–Trinajstić information content (AvgIpc) is 3.12. The second kappa shape index (κ2) is 27.4. The molecule has 36 heavy (non-hydrogen) atoms. The molecule has 0 unspecified atom stereocenters. The molecular formula is C26H50ClN3O6. The third kappa shape index (κ3) is 26.4. The number of esters is 2. The Hall–Kier alpha value is -2.23. The smallest absolute Gasteiger partial charge is 0.325 e. The topological polar surface area (TPSA) is 121 Å². The van der Waals surface area contributed by atoms with E-state index in [0.29, 0.717) is 32.6 Å². The summed E-state index contributed by atoms with van der Waals surface area (Å²) in [6.07, 6.45) is 0.796. The monoisotopic (exact) mass is 535 g/mol. The molecule has 1 aromatic rings. The molecule has 0 atom stereocenters. The van der Waals surface area contributed by atoms with Crippen LogP contribution in [0.4, 0.5) is 0 Å². The summed E-state index contributed by atoms with van der Waals surface area (Å²) in [6, 6.07) is 3.99. The maximum atomic E-state index is 11.2. The summed E-state index contributed by atoms with van der Waals surface area (Å²) in [5.74, 6) is -0.354. The first-order chi connectivity index (χ1) is 16.4. The summed E-state index contributed by atoms with van der Waals surface area (Å²) in [5, 5.41) is 0. The number of ketones is 2. The molecule has 0 spiro atoms. The maximum Gasteiger partial charge on any atom is 0.325 e. The van der Waals surface area contributed by atoms with E-state index < -0.39 is 0 Å². The van der Waals surface area contributed by atoms with Gasteiger partial charge in [-0.15, -0.1) is 12.4 Å². The summed E-state index contributed by atoms with van der Waals surface area (Å²) in [6.45, 7) is 21.8. The third-order valence-corrected chi connectivity index (χ3v) is 4.65. The molecule has 9 nitrogen and oxygen atoms in total. The Morgan fingerprint density at radius 1 is 0.778 bits per heavy atom. The van der Waals surface area contributed by atoms with Crippen molar-refractivity contribution in [2.45, 2.75) is 81.7 Å². The number of hydrogen-bond donors (Lipinski definition) is 1. The van der Waals surface area contributed by atoms with Crippen molar-refractivity contribution in [3.63, 3.8) is 0 Å². The van der Waals surface area contributed by atoms with Gasteiger partial charge in [-0.3, -0.25) is 9.59 Å². The minimum absolute atomic E-state index is 0. The highest BCUT2D eigenvalue weighted by atomic mass is 35.5. The van der Waals surface area contributed by atoms with Crippen molar-refractivity contribution in [3.05, 3.63) is 23.5 Å². The van der Waals surface area contributed by atoms with Crippen LogP contribution in [0.2, 0.25) is 0 Å². The van der Waals surface area contributed by atoms with Crippen molar-refractivity contribution in [1.82, 2.24) is 9.47 Å². The number of rotatable bonds is 11. The molecule has 2 N–H and O–H groups in total. The van der Waals surface area contributed by atoms with Gasteiger partial charge in [-0.2, -0.15) is 0 Å². The average molecular weight is 536 g/mol. The second-order valence-corrected chi connectivity index (χ2v) is 7.54. The number of Topliss-reactive ketones (excluding diaryl/α,β-unsaturated/α-hetero) is 2. The van der Waals surface area contributed by atoms with Gasteiger partial charge in [-0.05, 0) is 73.3 Å². The lowest BCUT2D eigenvalue weighted by molar-refractivity contribution is -0.144. The SMILES string of the molecule is CC(=O)CCC(C)=O.CCN(CC)CC.CCOC(=O)CN.CCOC(=O)Cn1c(C)ccc1C.Cl. The van der Waals surface area contributed by atoms with Crippen LogP contribution in [-0.4, -0.2) is 72.4 Å². The Bertz CT molecular complexity index is 680. The van der Waals surface area contributed by atoms with E-state index in [4.69, 9.17) is 10.5 Å². The van der Waals surface area contributed by atoms with Crippen LogP contribution in [0.5, 0.6) is 0 Å². The van der Waals surface area contributed by atoms with Crippen LogP contribution in [0.1, 0.15) is 72.7 Å². The van der Waals surface area contributed by atoms with Gasteiger partial charge in [0.05, 0.1) is 19.8 Å². The number of carbonyl (C=O) groups is 4. The molecule has 1 rings (SSSR count). The van der Waals surface area contributed by atoms with E-state index in [9.17, 15) is 19.2 Å². The van der Waals surface area contributed by atoms with Gasteiger partial charge in [0.2, 0.25) is 0 Å². The summed E-state index contributed by atoms with van der Waals surface area (Å²) >= 11 is 0. The van der Waals surface area contributed by atoms with Crippen molar-refractivity contribution in [1.29, 1.82) is 0 Å². The maximum absolute atomic E-state index is 11.2. The number of nitrogens with zero attached hydrogens (tertiary/aromatic N) is 2. The lowest BCUT2D eigenvalue weighted by Crippen LogP contribution is -2.21. The zero-order chi connectivity index (χ0) is 27.8. The first kappa shape index (κ1) is 40.9. The van der Waals surface area contributed by atoms with E-state index in [0.717, 1.165) is 11.4 Å². The van der Waals surface area contributed by atoms with Crippen LogP contribution in [0, 0.1) is 13.8 Å². The van der Waals surface area contributed by atoms with Crippen LogP contribution in [0.15, 0.2) is 12.1 Å². The van der Waals surface area contributed by atoms with Crippen molar-refractivity contribution in [2.24, 2.45) is 5.73 Å². The molecule has 0 aliphatic heterocycles. The van der Waals surface area contributed by atoms with Crippen LogP contribution in [0.3, 0.4) is 0 Å². The van der Waals surface area contributed by atoms with Crippen LogP contribution >= 0.6 is 12.4 Å². The molecule has 1 heterocycles. The molecule has 0 amide bonds. The molecule has 0 aromatic carbocycles. The fourth-order valence-electron chi connectivity index (χ4n) is 2.53. The van der Waals surface area contributed by atoms with E-state index in [1.54, 1.807) is 6.92 Å². The van der Waals surface area contributed by atoms with Crippen molar-refractivity contribution in [3.8, 4) is 0 Å². The van der Waals surface area contributed by atoms with Crippen LogP contribution in [-0.2, 0) is 35.2 Å². The molecule has 0 saturated carbocycles. The summed E-state index contributed by atoms with van der Waals surface area (Å²) in [4.78, 5) is 44.0. The number of hydrogen-bond acceptors (Lipinski definition) is 8. The largest absolute Gasteiger partial charge is 0.465 e. The zero-order valence-corrected chi connectivity index (χ0v) is 24.7. The molecule has 0 bridgehead atoms. The Labute approximate surface area is 224 Å². The molecule has 10 heteroatoms. The summed E-state index contributed by atoms with van der Waals surface area (Å²) in [7, 11) is 0. The molecule has 1 aromatic heterocycles. The number of nitrogens with two attached hydrogens (primary N) is 1. The van der Waals surface area contributed by atoms with Gasteiger partial charge in [0.25, 0.3) is 0 Å². The van der Waals surface area contributed by atoms with Crippen molar-refractivity contribution in [2.75, 3.05) is 39.4 Å². The lowest BCUT2D eigenvalue weighted by atomic mass is 10.2. The predicted octanol–water partition coefficient (Wildman–Crippen LogP) is 3.89. The highest BCUT2D eigenvalue weighted by Gasteiger charge is 2.06. The number of aromatic nitrogens is 1. The van der Waals surface area contributed by atoms with Gasteiger partial charge in [-0.1, -0.05) is 20.8 Å². The number of ether oxygens (including phenoxy) is 2. The number of carbonyl (C=O) groups excluding carboxylic acids is 4. The van der Waals surface area contributed by atoms with E-state index in [2.05, 4.69) is 30.4 Å². The van der Waals surface area contributed by atoms with Gasteiger partial charge in [-0.25, -0.2) is 0 Å². The first-order valence-corrected chi connectivity index (χ1v) is 12.3. The molecule has 0 aliphatic carbocycles. The number of aryl methyl sites for hydroxylation is 2. The normalized spacial score (nSPS) is 9.19. The van der Waals surface area contributed by atoms with Crippen molar-refractivity contribution < 1.29 is 28.7 Å². The quantitative estimate of drug-likeness (QED) is 0.423. The summed E-state index contributed by atoms with van der Waals surface area (Å²) < 4.78 is 11.2. The van der Waals surface area contributed by atoms with Gasteiger partial charge < -0.3 is 34.3 Å². The molecular weight excluding hydrogens is 486 g/mol. The van der Waals surface area contributed by atoms with E-state index >= 15 is 0 Å². The standard InChI is InChI=1S/C10H15NO2.C6H15N.C6H10O2.C4H9NO2.ClH/c1-4-13-10(12)7-11-8(2)5-6-9(11)3;1-4-7(5-2)6-3;1-5(7)3-4-6(2)8;1-2-7-4(6)3-5;/h5-6H,4,7H2,1-3H3;4-6H2,1-3H3;3-4H2,1-2H3;2-3,5H2,1H3;1H. The lowest BCUT2D eigenvalue weighted by Gasteiger charge is -2.13. The van der Waals surface area contributed by atoms with Crippen LogP contribution in [0.25, 0.3) is 0 Å². The van der Waals surface area contributed by atoms with Gasteiger partial charge in [0, 0.05) is 24.2 Å². The minimum Gasteiger partial charge on any atom is -0.465 e. The highest BCUT2D eigenvalue weighted by Crippen LogP contribution is 2.06. The van der Waals surface area contributed by atoms with Crippen molar-refractivity contribution >= 4 is 35.9 Å². The van der Waals surface area contributed by atoms with E-state index in [-0.39, 0.29) is 42.5 Å². The zero-order valence-electron chi connectivity index (χ0n) is 23.8. The van der Waals surface area contributed by atoms with Gasteiger partial charge >= 0.3 is 11.9 Å². The summed E-state index contributed by atoms with van der Waals surface area (Å²) in [5.41, 5.74) is 7.06. The van der Waals surface area contributed by atoms with E-state index in [1.807, 2.05) is 37.5 Å². The van der Waals surface area contributed by atoms with E-state index in [1.165, 1.54) is 33.5 Å². The minimum atomic E-state index is -0.345. The Kier molecular flexibility index (Phi) is 31.1. The van der Waals surface area contributed by atoms with Crippen LogP contribution < -0.4 is 5.73 Å². The molecule has 0 saturated heterocycles. The molecule has 0 aliphatic rings. The fraction of sp³-hybridized carbons (Fsp3) is 0.692. The highest BCUT2D eigenvalue weighted by molar-refractivity contribution is 5.85. The first-order valence-electron chi connectivity index (χ1n) is 12.3. The van der Waals surface area contributed by atoms with Gasteiger partial charge in [0.15, 0.2) is 0 Å². The molecule has 0 fully saturated rings. The second-order valence-electron chi connectivity index (χ2n) is 7.54. The Morgan fingerprint density at radius 2 is 1.14 bits per heavy atom. The Balaban J connectivity index is -0.000000197. The van der Waals surface area contributed by atoms with Gasteiger partial charge in [0.1, 0.15) is 18.1 Å². The Morgan fingerprint density at radius 3 is 1.36 bits per heavy atom. The molecule has 212 valence electrons. The third-order valence-electron chi connectivity index (χ3n) is 4.65. The fourth-order valence-corrected chi connectivity index (χ4v) is 2.53. The molecule has 0 radical (unpaired) electrons.